The van der Waals surface area contributed by atoms with Gasteiger partial charge in [-0.1, -0.05) is 26.0 Å². The Morgan fingerprint density at radius 2 is 1.43 bits per heavy atom. The summed E-state index contributed by atoms with van der Waals surface area (Å²) in [5.74, 6) is -2.21. The molecular weight excluding hydrogens is 614 g/mol. The van der Waals surface area contributed by atoms with Crippen LogP contribution in [0, 0.1) is 18.6 Å². The van der Waals surface area contributed by atoms with E-state index in [4.69, 9.17) is 5.73 Å². The second kappa shape index (κ2) is 16.1. The smallest absolute Gasteiger partial charge is 0.254 e. The van der Waals surface area contributed by atoms with Crippen molar-refractivity contribution in [3.8, 4) is 0 Å². The summed E-state index contributed by atoms with van der Waals surface area (Å²) in [6.07, 6.45) is 1.29. The molecule has 0 radical (unpaired) electrons. The first kappa shape index (κ1) is 36.6. The monoisotopic (exact) mass is 658 g/mol. The molecule has 2 amide bonds. The van der Waals surface area contributed by atoms with Crippen LogP contribution >= 0.6 is 0 Å². The number of hydrogen-bond acceptors (Lipinski definition) is 6. The number of anilines is 1. The largest absolute Gasteiger partial charge is 0.390 e. The van der Waals surface area contributed by atoms with Crippen molar-refractivity contribution in [1.29, 1.82) is 0 Å². The highest BCUT2D eigenvalue weighted by atomic mass is 32.2. The van der Waals surface area contributed by atoms with Crippen LogP contribution in [0.1, 0.15) is 64.1 Å². The van der Waals surface area contributed by atoms with Crippen molar-refractivity contribution in [2.24, 2.45) is 5.73 Å². The molecule has 0 bridgehead atoms. The van der Waals surface area contributed by atoms with Crippen LogP contribution < -0.4 is 10.0 Å². The molecule has 0 heterocycles. The van der Waals surface area contributed by atoms with Crippen LogP contribution in [0.4, 0.5) is 14.5 Å². The Labute approximate surface area is 270 Å². The summed E-state index contributed by atoms with van der Waals surface area (Å²) in [6.45, 7) is 6.64. The number of aryl methyl sites for hydroxylation is 1. The van der Waals surface area contributed by atoms with Gasteiger partial charge in [-0.25, -0.2) is 17.2 Å². The maximum atomic E-state index is 14.1. The molecule has 0 aliphatic carbocycles. The number of rotatable bonds is 15. The molecule has 0 saturated carbocycles. The predicted octanol–water partition coefficient (Wildman–Crippen LogP) is 4.50. The molecule has 0 spiro atoms. The zero-order valence-electron chi connectivity index (χ0n) is 27.0. The Balaban J connectivity index is 1.98. The fourth-order valence-electron chi connectivity index (χ4n) is 5.23. The molecule has 0 aliphatic rings. The van der Waals surface area contributed by atoms with Crippen LogP contribution in [-0.4, -0.2) is 80.2 Å². The number of aliphatic hydroxyl groups excluding tert-OH is 1. The molecular formula is C34H44F2N4O5S. The van der Waals surface area contributed by atoms with E-state index >= 15 is 0 Å². The number of hydrogen-bond donors (Lipinski definition) is 2. The van der Waals surface area contributed by atoms with Crippen molar-refractivity contribution in [1.82, 2.24) is 9.80 Å². The van der Waals surface area contributed by atoms with Gasteiger partial charge in [0, 0.05) is 56.5 Å². The van der Waals surface area contributed by atoms with E-state index in [1.807, 2.05) is 13.8 Å². The molecule has 0 unspecified atom stereocenters. The van der Waals surface area contributed by atoms with Crippen LogP contribution in [0.15, 0.2) is 60.7 Å². The van der Waals surface area contributed by atoms with Crippen molar-refractivity contribution in [3.63, 3.8) is 0 Å². The van der Waals surface area contributed by atoms with Crippen LogP contribution in [0.3, 0.4) is 0 Å². The Bertz CT molecular complexity index is 1610. The predicted molar refractivity (Wildman–Crippen MR) is 176 cm³/mol. The van der Waals surface area contributed by atoms with Gasteiger partial charge in [-0.15, -0.1) is 0 Å². The summed E-state index contributed by atoms with van der Waals surface area (Å²) in [6, 6.07) is 13.6. The van der Waals surface area contributed by atoms with Crippen molar-refractivity contribution in [2.75, 3.05) is 37.2 Å². The second-order valence-corrected chi connectivity index (χ2v) is 13.7. The highest BCUT2D eigenvalue weighted by Crippen LogP contribution is 2.22. The van der Waals surface area contributed by atoms with E-state index in [1.165, 1.54) is 11.9 Å². The number of nitrogens with zero attached hydrogens (tertiary/aromatic N) is 3. The molecule has 2 atom stereocenters. The first-order valence-electron chi connectivity index (χ1n) is 15.2. The number of halogens is 2. The standard InChI is InChI=1S/C34H44F2N4O5S/c1-6-11-39(12-7-2)33(42)26-13-23(3)14-27(19-26)34(43)40(21-24-9-8-10-30(17-24)38(4)46(5,44)45)22-32(41)31(37)18-25-15-28(35)20-29(36)16-25/h8-10,13-17,19-20,31-32,41H,6-7,11-12,18,21-22,37H2,1-5H3/t31-,32+/m0/s1. The van der Waals surface area contributed by atoms with Crippen LogP contribution in [-0.2, 0) is 23.0 Å². The van der Waals surface area contributed by atoms with E-state index in [2.05, 4.69) is 0 Å². The molecule has 9 nitrogen and oxygen atoms in total. The zero-order chi connectivity index (χ0) is 34.2. The van der Waals surface area contributed by atoms with E-state index in [0.29, 0.717) is 35.5 Å². The lowest BCUT2D eigenvalue weighted by molar-refractivity contribution is 0.0554. The lowest BCUT2D eigenvalue weighted by atomic mass is 10.00. The Morgan fingerprint density at radius 1 is 0.870 bits per heavy atom. The molecule has 12 heteroatoms. The lowest BCUT2D eigenvalue weighted by Gasteiger charge is -2.29. The first-order valence-corrected chi connectivity index (χ1v) is 17.1. The molecule has 46 heavy (non-hydrogen) atoms. The second-order valence-electron chi connectivity index (χ2n) is 11.7. The topological polar surface area (TPSA) is 124 Å². The molecule has 3 N–H and O–H groups in total. The first-order chi connectivity index (χ1) is 21.6. The summed E-state index contributed by atoms with van der Waals surface area (Å²) in [7, 11) is -2.14. The van der Waals surface area contributed by atoms with Crippen molar-refractivity contribution in [2.45, 2.75) is 58.7 Å². The van der Waals surface area contributed by atoms with Crippen molar-refractivity contribution < 1.29 is 31.9 Å². The van der Waals surface area contributed by atoms with E-state index in [1.54, 1.807) is 54.3 Å². The number of carbonyl (C=O) groups is 2. The third kappa shape index (κ3) is 10.1. The van der Waals surface area contributed by atoms with Crippen LogP contribution in [0.5, 0.6) is 0 Å². The van der Waals surface area contributed by atoms with Gasteiger partial charge >= 0.3 is 0 Å². The number of nitrogens with two attached hydrogens (primary N) is 1. The van der Waals surface area contributed by atoms with Gasteiger partial charge in [-0.2, -0.15) is 0 Å². The van der Waals surface area contributed by atoms with Crippen molar-refractivity contribution >= 4 is 27.5 Å². The number of carbonyl (C=O) groups excluding carboxylic acids is 2. The molecule has 250 valence electrons. The zero-order valence-corrected chi connectivity index (χ0v) is 27.9. The van der Waals surface area contributed by atoms with Gasteiger partial charge in [-0.3, -0.25) is 13.9 Å². The van der Waals surface area contributed by atoms with Crippen molar-refractivity contribution in [3.05, 3.63) is 100 Å². The van der Waals surface area contributed by atoms with Gasteiger partial charge < -0.3 is 20.6 Å². The summed E-state index contributed by atoms with van der Waals surface area (Å²) in [5.41, 5.74) is 8.78. The third-order valence-electron chi connectivity index (χ3n) is 7.57. The summed E-state index contributed by atoms with van der Waals surface area (Å²) in [5, 5.41) is 11.1. The fraction of sp³-hybridized carbons (Fsp3) is 0.412. The maximum Gasteiger partial charge on any atom is 0.254 e. The van der Waals surface area contributed by atoms with Gasteiger partial charge in [0.1, 0.15) is 11.6 Å². The highest BCUT2D eigenvalue weighted by molar-refractivity contribution is 7.92. The minimum absolute atomic E-state index is 0.0301. The van der Waals surface area contributed by atoms with Gasteiger partial charge in [0.15, 0.2) is 0 Å². The van der Waals surface area contributed by atoms with Crippen LogP contribution in [0.2, 0.25) is 0 Å². The van der Waals surface area contributed by atoms with Crippen LogP contribution in [0.25, 0.3) is 0 Å². The third-order valence-corrected chi connectivity index (χ3v) is 8.78. The van der Waals surface area contributed by atoms with E-state index in [9.17, 15) is 31.9 Å². The quantitative estimate of drug-likeness (QED) is 0.248. The van der Waals surface area contributed by atoms with E-state index < -0.39 is 39.7 Å². The average Bonchev–Trinajstić information content (AvgIpc) is 2.98. The molecule has 0 fully saturated rings. The van der Waals surface area contributed by atoms with Gasteiger partial charge in [0.05, 0.1) is 18.0 Å². The Morgan fingerprint density at radius 3 is 1.98 bits per heavy atom. The molecule has 0 aromatic heterocycles. The van der Waals surface area contributed by atoms with Gasteiger partial charge in [-0.05, 0) is 85.3 Å². The summed E-state index contributed by atoms with van der Waals surface area (Å²) >= 11 is 0. The van der Waals surface area contributed by atoms with E-state index in [-0.39, 0.29) is 36.5 Å². The number of sulfonamides is 1. The average molecular weight is 659 g/mol. The highest BCUT2D eigenvalue weighted by Gasteiger charge is 2.26. The van der Waals surface area contributed by atoms with Gasteiger partial charge in [0.25, 0.3) is 11.8 Å². The lowest BCUT2D eigenvalue weighted by Crippen LogP contribution is -2.46. The minimum Gasteiger partial charge on any atom is -0.390 e. The number of amides is 2. The molecule has 3 aromatic rings. The van der Waals surface area contributed by atoms with Gasteiger partial charge in [0.2, 0.25) is 10.0 Å². The molecule has 3 aromatic carbocycles. The molecule has 0 aliphatic heterocycles. The Kier molecular flexibility index (Phi) is 12.8. The normalized spacial score (nSPS) is 12.8. The summed E-state index contributed by atoms with van der Waals surface area (Å²) < 4.78 is 53.0. The molecule has 0 saturated heterocycles. The Hall–Kier alpha value is -3.87. The maximum absolute atomic E-state index is 14.1. The number of benzene rings is 3. The number of aliphatic hydroxyl groups is 1. The SMILES string of the molecule is CCCN(CCC)C(=O)c1cc(C)cc(C(=O)N(Cc2cccc(N(C)S(C)(=O)=O)c2)C[C@@H](O)[C@@H](N)Cc2cc(F)cc(F)c2)c1. The minimum atomic E-state index is -3.55. The van der Waals surface area contributed by atoms with E-state index in [0.717, 1.165) is 41.6 Å². The fourth-order valence-corrected chi connectivity index (χ4v) is 5.73. The summed E-state index contributed by atoms with van der Waals surface area (Å²) in [4.78, 5) is 30.7. The molecule has 3 rings (SSSR count).